The maximum absolute atomic E-state index is 12.3. The molecule has 6 nitrogen and oxygen atoms in total. The third-order valence-corrected chi connectivity index (χ3v) is 3.80. The van der Waals surface area contributed by atoms with E-state index in [2.05, 4.69) is 20.4 Å². The molecular weight excluding hydrogens is 495 g/mol. The summed E-state index contributed by atoms with van der Waals surface area (Å²) in [6, 6.07) is 12.2. The molecule has 0 aromatic heterocycles. The summed E-state index contributed by atoms with van der Waals surface area (Å²) in [6.07, 6.45) is 0. The lowest BCUT2D eigenvalue weighted by Crippen LogP contribution is -2.36. The standard InChI is InChI=1S/C20H25F2N3O3.HI/c1-4-23-20(24-12-14-6-5-7-16(10-14)28-19(21)22)25-13-15-8-9-17(26-2)18(11-15)27-3;/h5-11,19H,4,12-13H2,1-3H3,(H2,23,24,25);1H. The Balaban J connectivity index is 0.00000420. The predicted octanol–water partition coefficient (Wildman–Crippen LogP) is 4.18. The molecule has 0 atom stereocenters. The van der Waals surface area contributed by atoms with Crippen LogP contribution >= 0.6 is 24.0 Å². The Morgan fingerprint density at radius 2 is 1.76 bits per heavy atom. The molecule has 0 fully saturated rings. The van der Waals surface area contributed by atoms with Crippen molar-refractivity contribution in [2.45, 2.75) is 26.6 Å². The molecule has 29 heavy (non-hydrogen) atoms. The molecule has 0 unspecified atom stereocenters. The molecule has 0 amide bonds. The van der Waals surface area contributed by atoms with Gasteiger partial charge in [0.2, 0.25) is 0 Å². The Hall–Kier alpha value is -2.30. The highest BCUT2D eigenvalue weighted by Gasteiger charge is 2.07. The van der Waals surface area contributed by atoms with E-state index < -0.39 is 6.61 Å². The highest BCUT2D eigenvalue weighted by molar-refractivity contribution is 14.0. The van der Waals surface area contributed by atoms with Crippen LogP contribution in [-0.4, -0.2) is 33.3 Å². The molecule has 0 bridgehead atoms. The van der Waals surface area contributed by atoms with Crippen LogP contribution in [0, 0.1) is 0 Å². The van der Waals surface area contributed by atoms with E-state index in [0.717, 1.165) is 11.1 Å². The van der Waals surface area contributed by atoms with Crippen LogP contribution < -0.4 is 24.8 Å². The first-order valence-electron chi connectivity index (χ1n) is 8.82. The number of hydrogen-bond acceptors (Lipinski definition) is 4. The fraction of sp³-hybridized carbons (Fsp3) is 0.350. The summed E-state index contributed by atoms with van der Waals surface area (Å²) >= 11 is 0. The van der Waals surface area contributed by atoms with Crippen molar-refractivity contribution in [3.05, 3.63) is 53.6 Å². The number of nitrogens with one attached hydrogen (secondary N) is 2. The van der Waals surface area contributed by atoms with E-state index in [1.165, 1.54) is 6.07 Å². The van der Waals surface area contributed by atoms with Gasteiger partial charge in [-0.1, -0.05) is 18.2 Å². The molecule has 0 aliphatic carbocycles. The molecule has 0 radical (unpaired) electrons. The van der Waals surface area contributed by atoms with Crippen LogP contribution in [0.1, 0.15) is 18.1 Å². The van der Waals surface area contributed by atoms with Crippen LogP contribution in [-0.2, 0) is 13.1 Å². The third kappa shape index (κ3) is 8.30. The molecule has 2 aromatic carbocycles. The Morgan fingerprint density at radius 1 is 1.00 bits per heavy atom. The van der Waals surface area contributed by atoms with E-state index in [0.29, 0.717) is 37.1 Å². The summed E-state index contributed by atoms with van der Waals surface area (Å²) in [6.45, 7) is 0.651. The summed E-state index contributed by atoms with van der Waals surface area (Å²) in [7, 11) is 3.18. The van der Waals surface area contributed by atoms with Crippen molar-refractivity contribution < 1.29 is 23.0 Å². The maximum atomic E-state index is 12.3. The molecule has 160 valence electrons. The second-order valence-corrected chi connectivity index (χ2v) is 5.76. The first-order valence-corrected chi connectivity index (χ1v) is 8.82. The zero-order valence-electron chi connectivity index (χ0n) is 16.6. The van der Waals surface area contributed by atoms with Crippen LogP contribution in [0.15, 0.2) is 47.5 Å². The number of benzene rings is 2. The van der Waals surface area contributed by atoms with Crippen molar-refractivity contribution in [3.8, 4) is 17.2 Å². The van der Waals surface area contributed by atoms with E-state index in [1.54, 1.807) is 32.4 Å². The normalized spacial score (nSPS) is 10.9. The van der Waals surface area contributed by atoms with E-state index >= 15 is 0 Å². The first kappa shape index (κ1) is 24.7. The predicted molar refractivity (Wildman–Crippen MR) is 120 cm³/mol. The van der Waals surface area contributed by atoms with Crippen LogP contribution in [0.4, 0.5) is 8.78 Å². The lowest BCUT2D eigenvalue weighted by atomic mass is 10.2. The van der Waals surface area contributed by atoms with Gasteiger partial charge in [-0.3, -0.25) is 0 Å². The van der Waals surface area contributed by atoms with Crippen molar-refractivity contribution in [3.63, 3.8) is 0 Å². The number of nitrogens with zero attached hydrogens (tertiary/aromatic N) is 1. The number of aliphatic imine (C=N–C) groups is 1. The molecule has 0 spiro atoms. The Bertz CT molecular complexity index is 791. The average Bonchev–Trinajstić information content (AvgIpc) is 2.69. The Labute approximate surface area is 186 Å². The number of ether oxygens (including phenoxy) is 3. The lowest BCUT2D eigenvalue weighted by Gasteiger charge is -2.13. The highest BCUT2D eigenvalue weighted by Crippen LogP contribution is 2.27. The van der Waals surface area contributed by atoms with Gasteiger partial charge in [-0.15, -0.1) is 24.0 Å². The third-order valence-electron chi connectivity index (χ3n) is 3.80. The van der Waals surface area contributed by atoms with Crippen LogP contribution in [0.5, 0.6) is 17.2 Å². The average molecular weight is 521 g/mol. The van der Waals surface area contributed by atoms with E-state index in [-0.39, 0.29) is 29.7 Å². The molecule has 0 aliphatic heterocycles. The van der Waals surface area contributed by atoms with Gasteiger partial charge in [-0.2, -0.15) is 8.78 Å². The summed E-state index contributed by atoms with van der Waals surface area (Å²) in [4.78, 5) is 4.49. The summed E-state index contributed by atoms with van der Waals surface area (Å²) in [5.41, 5.74) is 1.76. The van der Waals surface area contributed by atoms with Gasteiger partial charge in [-0.25, -0.2) is 4.99 Å². The Morgan fingerprint density at radius 3 is 2.41 bits per heavy atom. The number of halogens is 3. The number of methoxy groups -OCH3 is 2. The molecule has 9 heteroatoms. The van der Waals surface area contributed by atoms with Crippen molar-refractivity contribution in [2.24, 2.45) is 4.99 Å². The summed E-state index contributed by atoms with van der Waals surface area (Å²) in [5.74, 6) is 2.04. The van der Waals surface area contributed by atoms with Gasteiger partial charge in [0.1, 0.15) is 5.75 Å². The fourth-order valence-corrected chi connectivity index (χ4v) is 2.51. The molecular formula is C20H26F2IN3O3. The van der Waals surface area contributed by atoms with Gasteiger partial charge in [0, 0.05) is 13.1 Å². The zero-order valence-corrected chi connectivity index (χ0v) is 18.9. The van der Waals surface area contributed by atoms with Crippen molar-refractivity contribution in [1.29, 1.82) is 0 Å². The SMILES string of the molecule is CCNC(=NCc1cccc(OC(F)F)c1)NCc1ccc(OC)c(OC)c1.I. The molecule has 0 saturated heterocycles. The van der Waals surface area contributed by atoms with Gasteiger partial charge >= 0.3 is 6.61 Å². The van der Waals surface area contributed by atoms with Crippen molar-refractivity contribution in [1.82, 2.24) is 10.6 Å². The maximum Gasteiger partial charge on any atom is 0.387 e. The van der Waals surface area contributed by atoms with Crippen molar-refractivity contribution >= 4 is 29.9 Å². The van der Waals surface area contributed by atoms with Crippen LogP contribution in [0.3, 0.4) is 0 Å². The van der Waals surface area contributed by atoms with Gasteiger partial charge in [0.25, 0.3) is 0 Å². The minimum Gasteiger partial charge on any atom is -0.493 e. The van der Waals surface area contributed by atoms with Gasteiger partial charge < -0.3 is 24.8 Å². The fourth-order valence-electron chi connectivity index (χ4n) is 2.51. The van der Waals surface area contributed by atoms with E-state index in [1.807, 2.05) is 25.1 Å². The highest BCUT2D eigenvalue weighted by atomic mass is 127. The second-order valence-electron chi connectivity index (χ2n) is 5.76. The number of guanidine groups is 1. The molecule has 0 heterocycles. The van der Waals surface area contributed by atoms with Gasteiger partial charge in [0.05, 0.1) is 20.8 Å². The minimum atomic E-state index is -2.85. The number of hydrogen-bond donors (Lipinski definition) is 2. The Kier molecular flexibility index (Phi) is 11.1. The smallest absolute Gasteiger partial charge is 0.387 e. The largest absolute Gasteiger partial charge is 0.493 e. The van der Waals surface area contributed by atoms with Crippen LogP contribution in [0.2, 0.25) is 0 Å². The lowest BCUT2D eigenvalue weighted by molar-refractivity contribution is -0.0498. The molecule has 0 aliphatic rings. The second kappa shape index (κ2) is 13.0. The minimum absolute atomic E-state index is 0. The molecule has 0 saturated carbocycles. The molecule has 2 aromatic rings. The number of rotatable bonds is 9. The topological polar surface area (TPSA) is 64.1 Å². The zero-order chi connectivity index (χ0) is 20.4. The summed E-state index contributed by atoms with van der Waals surface area (Å²) in [5, 5.41) is 6.39. The monoisotopic (exact) mass is 521 g/mol. The van der Waals surface area contributed by atoms with E-state index in [4.69, 9.17) is 9.47 Å². The molecule has 2 rings (SSSR count). The molecule has 2 N–H and O–H groups in total. The van der Waals surface area contributed by atoms with Crippen LogP contribution in [0.25, 0.3) is 0 Å². The summed E-state index contributed by atoms with van der Waals surface area (Å²) < 4.78 is 39.7. The van der Waals surface area contributed by atoms with Gasteiger partial charge in [-0.05, 0) is 42.3 Å². The van der Waals surface area contributed by atoms with E-state index in [9.17, 15) is 8.78 Å². The first-order chi connectivity index (χ1) is 13.5. The van der Waals surface area contributed by atoms with Gasteiger partial charge in [0.15, 0.2) is 17.5 Å². The van der Waals surface area contributed by atoms with Crippen molar-refractivity contribution in [2.75, 3.05) is 20.8 Å². The quantitative estimate of drug-likeness (QED) is 0.295. The number of alkyl halides is 2.